The summed E-state index contributed by atoms with van der Waals surface area (Å²) in [5, 5.41) is 22.6. The van der Waals surface area contributed by atoms with Gasteiger partial charge in [-0.1, -0.05) is 12.1 Å². The first kappa shape index (κ1) is 18.6. The second kappa shape index (κ2) is 8.01. The number of carbonyl (C=O) groups is 1. The number of nitriles is 1. The van der Waals surface area contributed by atoms with Crippen LogP contribution >= 0.6 is 0 Å². The number of hydrazone groups is 1. The molecule has 142 valence electrons. The van der Waals surface area contributed by atoms with Crippen molar-refractivity contribution in [1.29, 1.82) is 5.26 Å². The van der Waals surface area contributed by atoms with Gasteiger partial charge in [-0.15, -0.1) is 0 Å². The summed E-state index contributed by atoms with van der Waals surface area (Å²) in [5.41, 5.74) is 0.201. The quantitative estimate of drug-likeness (QED) is 0.581. The summed E-state index contributed by atoms with van der Waals surface area (Å²) in [7, 11) is 0. The van der Waals surface area contributed by atoms with E-state index in [0.717, 1.165) is 11.3 Å². The van der Waals surface area contributed by atoms with Crippen molar-refractivity contribution in [1.82, 2.24) is 9.80 Å². The number of benzene rings is 1. The number of ether oxygens (including phenoxy) is 2. The fraction of sp³-hybridized carbons (Fsp3) is 0.471. The molecule has 2 heterocycles. The van der Waals surface area contributed by atoms with Crippen LogP contribution in [0, 0.1) is 27.4 Å². The van der Waals surface area contributed by atoms with Crippen LogP contribution in [-0.4, -0.2) is 59.2 Å². The van der Waals surface area contributed by atoms with Gasteiger partial charge in [-0.2, -0.15) is 5.26 Å². The number of carbonyl (C=O) groups excluding carboxylic acids is 1. The van der Waals surface area contributed by atoms with Crippen LogP contribution in [0.15, 0.2) is 29.4 Å². The van der Waals surface area contributed by atoms with E-state index in [0.29, 0.717) is 19.7 Å². The molecule has 2 aliphatic rings. The van der Waals surface area contributed by atoms with Crippen molar-refractivity contribution in [2.75, 3.05) is 26.2 Å². The van der Waals surface area contributed by atoms with Crippen LogP contribution in [0.4, 0.5) is 4.79 Å². The Labute approximate surface area is 155 Å². The molecule has 2 saturated heterocycles. The average molecular weight is 373 g/mol. The lowest BCUT2D eigenvalue weighted by Gasteiger charge is -2.21. The number of nitro groups is 1. The Morgan fingerprint density at radius 2 is 2.26 bits per heavy atom. The molecule has 0 spiro atoms. The van der Waals surface area contributed by atoms with E-state index in [2.05, 4.69) is 5.10 Å². The van der Waals surface area contributed by atoms with Crippen LogP contribution in [0.2, 0.25) is 0 Å². The van der Waals surface area contributed by atoms with Gasteiger partial charge in [0, 0.05) is 19.0 Å². The first-order valence-corrected chi connectivity index (χ1v) is 8.56. The minimum atomic E-state index is -0.828. The maximum atomic E-state index is 12.5. The van der Waals surface area contributed by atoms with Crippen LogP contribution in [0.25, 0.3) is 0 Å². The van der Waals surface area contributed by atoms with Crippen LogP contribution < -0.4 is 4.74 Å². The van der Waals surface area contributed by atoms with Crippen LogP contribution in [-0.2, 0) is 4.74 Å². The number of amides is 1. The minimum Gasteiger partial charge on any atom is -0.408 e. The highest BCUT2D eigenvalue weighted by Crippen LogP contribution is 2.23. The van der Waals surface area contributed by atoms with E-state index < -0.39 is 11.1 Å². The van der Waals surface area contributed by atoms with E-state index >= 15 is 0 Å². The fourth-order valence-electron chi connectivity index (χ4n) is 3.27. The zero-order valence-electron chi connectivity index (χ0n) is 14.8. The van der Waals surface area contributed by atoms with Gasteiger partial charge in [-0.3, -0.25) is 0 Å². The molecule has 0 saturated carbocycles. The Hall–Kier alpha value is -3.19. The monoisotopic (exact) mass is 373 g/mol. The summed E-state index contributed by atoms with van der Waals surface area (Å²) in [6.07, 6.45) is 0.191. The zero-order valence-corrected chi connectivity index (χ0v) is 14.8. The zero-order chi connectivity index (χ0) is 19.4. The van der Waals surface area contributed by atoms with Gasteiger partial charge in [-0.05, 0) is 25.5 Å². The normalized spacial score (nSPS) is 23.5. The predicted molar refractivity (Wildman–Crippen MR) is 93.4 cm³/mol. The van der Waals surface area contributed by atoms with Gasteiger partial charge in [0.05, 0.1) is 24.8 Å². The molecule has 2 atom stereocenters. The van der Waals surface area contributed by atoms with Crippen molar-refractivity contribution in [3.8, 4) is 11.8 Å². The molecule has 0 bridgehead atoms. The fourth-order valence-corrected chi connectivity index (χ4v) is 3.27. The number of guanidine groups is 1. The number of rotatable bonds is 4. The maximum absolute atomic E-state index is 12.5. The number of nitrogens with zero attached hydrogens (tertiary/aromatic N) is 5. The lowest BCUT2D eigenvalue weighted by molar-refractivity contribution is -0.486. The summed E-state index contributed by atoms with van der Waals surface area (Å²) in [4.78, 5) is 26.3. The molecule has 0 aromatic heterocycles. The Morgan fingerprint density at radius 1 is 1.48 bits per heavy atom. The van der Waals surface area contributed by atoms with Gasteiger partial charge >= 0.3 is 6.09 Å². The highest BCUT2D eigenvalue weighted by Gasteiger charge is 2.37. The third kappa shape index (κ3) is 4.32. The van der Waals surface area contributed by atoms with E-state index in [4.69, 9.17) is 14.7 Å². The average Bonchev–Trinajstić information content (AvgIpc) is 3.22. The summed E-state index contributed by atoms with van der Waals surface area (Å²) < 4.78 is 10.8. The lowest BCUT2D eigenvalue weighted by Crippen LogP contribution is -2.41. The maximum Gasteiger partial charge on any atom is 0.422 e. The number of para-hydroxylation sites is 1. The Kier molecular flexibility index (Phi) is 5.52. The largest absolute Gasteiger partial charge is 0.422 e. The SMILES string of the molecule is CC1CC(CN2CCN(C(=O)Oc3ccccc3C#N)C2=N[N+](=O)[O-])CO1. The molecule has 1 aromatic carbocycles. The topological polar surface area (TPSA) is 121 Å². The molecule has 10 heteroatoms. The minimum absolute atomic E-state index is 0.0565. The van der Waals surface area contributed by atoms with Crippen molar-refractivity contribution in [2.45, 2.75) is 19.4 Å². The molecule has 2 fully saturated rings. The summed E-state index contributed by atoms with van der Waals surface area (Å²) in [5.74, 6) is 0.258. The standard InChI is InChI=1S/C17H19N5O5/c1-12-8-13(11-26-12)10-20-6-7-21(16(20)19-22(24)25)17(23)27-15-5-3-2-4-14(15)9-18/h2-5,12-13H,6-8,10-11H2,1H3. The third-order valence-electron chi connectivity index (χ3n) is 4.47. The van der Waals surface area contributed by atoms with E-state index in [-0.39, 0.29) is 35.8 Å². The Morgan fingerprint density at radius 3 is 2.93 bits per heavy atom. The molecule has 0 radical (unpaired) electrons. The van der Waals surface area contributed by atoms with Gasteiger partial charge in [0.15, 0.2) is 10.8 Å². The van der Waals surface area contributed by atoms with Gasteiger partial charge in [0.1, 0.15) is 11.2 Å². The Bertz CT molecular complexity index is 805. The lowest BCUT2D eigenvalue weighted by atomic mass is 10.1. The van der Waals surface area contributed by atoms with Crippen molar-refractivity contribution in [3.63, 3.8) is 0 Å². The first-order valence-electron chi connectivity index (χ1n) is 8.56. The smallest absolute Gasteiger partial charge is 0.408 e. The predicted octanol–water partition coefficient (Wildman–Crippen LogP) is 1.65. The second-order valence-corrected chi connectivity index (χ2v) is 6.46. The second-order valence-electron chi connectivity index (χ2n) is 6.46. The van der Waals surface area contributed by atoms with Crippen molar-refractivity contribution < 1.29 is 19.3 Å². The third-order valence-corrected chi connectivity index (χ3v) is 4.47. The van der Waals surface area contributed by atoms with Gasteiger partial charge in [0.2, 0.25) is 0 Å². The molecule has 2 aliphatic heterocycles. The van der Waals surface area contributed by atoms with Crippen molar-refractivity contribution in [2.24, 2.45) is 11.0 Å². The first-order chi connectivity index (χ1) is 13.0. The molecule has 0 aliphatic carbocycles. The van der Waals surface area contributed by atoms with Crippen LogP contribution in [0.1, 0.15) is 18.9 Å². The highest BCUT2D eigenvalue weighted by atomic mass is 16.7. The van der Waals surface area contributed by atoms with E-state index in [1.54, 1.807) is 17.0 Å². The molecular formula is C17H19N5O5. The molecule has 0 N–H and O–H groups in total. The number of hydrogen-bond donors (Lipinski definition) is 0. The van der Waals surface area contributed by atoms with Crippen molar-refractivity contribution in [3.05, 3.63) is 39.9 Å². The summed E-state index contributed by atoms with van der Waals surface area (Å²) >= 11 is 0. The van der Waals surface area contributed by atoms with Crippen LogP contribution in [0.3, 0.4) is 0 Å². The summed E-state index contributed by atoms with van der Waals surface area (Å²) in [6, 6.07) is 8.23. The van der Waals surface area contributed by atoms with E-state index in [1.165, 1.54) is 12.1 Å². The van der Waals surface area contributed by atoms with E-state index in [1.807, 2.05) is 13.0 Å². The summed E-state index contributed by atoms with van der Waals surface area (Å²) in [6.45, 7) is 3.68. The van der Waals surface area contributed by atoms with Gasteiger partial charge < -0.3 is 14.4 Å². The molecule has 2 unspecified atom stereocenters. The molecule has 27 heavy (non-hydrogen) atoms. The molecule has 10 nitrogen and oxygen atoms in total. The molecular weight excluding hydrogens is 354 g/mol. The Balaban J connectivity index is 1.74. The van der Waals surface area contributed by atoms with Gasteiger partial charge in [-0.25, -0.2) is 19.8 Å². The van der Waals surface area contributed by atoms with Crippen molar-refractivity contribution >= 4 is 12.1 Å². The highest BCUT2D eigenvalue weighted by molar-refractivity contribution is 5.96. The molecule has 3 rings (SSSR count). The van der Waals surface area contributed by atoms with E-state index in [9.17, 15) is 14.9 Å². The van der Waals surface area contributed by atoms with Crippen LogP contribution in [0.5, 0.6) is 5.75 Å². The van der Waals surface area contributed by atoms with Gasteiger partial charge in [0.25, 0.3) is 5.96 Å². The molecule has 1 aromatic rings. The molecule has 1 amide bonds. The number of hydrogen-bond acceptors (Lipinski definition) is 6.